The maximum absolute atomic E-state index is 16.4. The highest BCUT2D eigenvalue weighted by Crippen LogP contribution is 2.52. The molecule has 0 radical (unpaired) electrons. The predicted octanol–water partition coefficient (Wildman–Crippen LogP) is 19.9. The molecule has 392 valence electrons. The number of aromatic hydroxyl groups is 2. The number of fused-ring (bicyclic) bond motifs is 4. The predicted molar refractivity (Wildman–Crippen MR) is 318 cm³/mol. The van der Waals surface area contributed by atoms with Crippen molar-refractivity contribution in [3.05, 3.63) is 193 Å². The van der Waals surface area contributed by atoms with Crippen LogP contribution in [0.15, 0.2) is 170 Å². The zero-order valence-corrected chi connectivity index (χ0v) is 46.2. The van der Waals surface area contributed by atoms with E-state index in [0.29, 0.717) is 33.4 Å². The number of rotatable bonds is 14. The molecule has 0 bridgehead atoms. The Hall–Kier alpha value is -7.70. The average Bonchev–Trinajstić information content (AvgIpc) is 3.39. The first-order chi connectivity index (χ1) is 36.6. The van der Waals surface area contributed by atoms with E-state index >= 15 is 8.78 Å². The normalized spacial score (nSPS) is 12.5. The molecule has 0 saturated heterocycles. The first-order valence-corrected chi connectivity index (χ1v) is 27.0. The molecule has 0 atom stereocenters. The molecule has 0 amide bonds. The Morgan fingerprint density at radius 3 is 1.00 bits per heavy atom. The third-order valence-corrected chi connectivity index (χ3v) is 15.1. The molecule has 0 spiro atoms. The molecule has 0 aliphatic heterocycles. The van der Waals surface area contributed by atoms with Crippen LogP contribution in [-0.2, 0) is 10.8 Å². The van der Waals surface area contributed by atoms with Crippen molar-refractivity contribution in [3.63, 3.8) is 0 Å². The summed E-state index contributed by atoms with van der Waals surface area (Å²) in [6.45, 7) is 22.3. The van der Waals surface area contributed by atoms with Crippen molar-refractivity contribution in [2.24, 2.45) is 10.8 Å². The average molecular weight is 1030 g/mol. The number of halogens is 2. The Kier molecular flexibility index (Phi) is 13.9. The Bertz CT molecular complexity index is 3510. The summed E-state index contributed by atoms with van der Waals surface area (Å²) in [5.74, 6) is -1.09. The van der Waals surface area contributed by atoms with Crippen molar-refractivity contribution in [1.82, 2.24) is 0 Å². The van der Waals surface area contributed by atoms with E-state index in [-0.39, 0.29) is 64.3 Å². The van der Waals surface area contributed by atoms with Crippen LogP contribution in [0.3, 0.4) is 0 Å². The second-order valence-electron chi connectivity index (χ2n) is 24.8. The maximum atomic E-state index is 16.4. The molecule has 10 aromatic carbocycles. The van der Waals surface area contributed by atoms with E-state index < -0.39 is 11.6 Å². The van der Waals surface area contributed by atoms with E-state index in [9.17, 15) is 10.2 Å². The van der Waals surface area contributed by atoms with Gasteiger partial charge in [0.1, 0.15) is 11.5 Å². The van der Waals surface area contributed by atoms with Crippen LogP contribution in [0.25, 0.3) is 87.6 Å². The fraction of sp³-hybridized carbons (Fsp3) is 0.268. The Morgan fingerprint density at radius 2 is 0.675 bits per heavy atom. The van der Waals surface area contributed by atoms with Gasteiger partial charge in [0.15, 0.2) is 23.1 Å². The van der Waals surface area contributed by atoms with Crippen molar-refractivity contribution in [3.8, 4) is 67.5 Å². The summed E-state index contributed by atoms with van der Waals surface area (Å²) in [5, 5.41) is 33.6. The van der Waals surface area contributed by atoms with Gasteiger partial charge in [-0.1, -0.05) is 191 Å². The zero-order valence-electron chi connectivity index (χ0n) is 46.2. The number of para-hydroxylation sites is 2. The topological polar surface area (TPSA) is 58.9 Å². The minimum atomic E-state index is -0.574. The molecule has 0 saturated carbocycles. The second kappa shape index (κ2) is 20.3. The molecule has 77 heavy (non-hydrogen) atoms. The summed E-state index contributed by atoms with van der Waals surface area (Å²) in [5.41, 5.74) is 6.15. The third kappa shape index (κ3) is 10.6. The molecule has 0 aliphatic rings. The van der Waals surface area contributed by atoms with Gasteiger partial charge in [-0.3, -0.25) is 0 Å². The second-order valence-corrected chi connectivity index (χ2v) is 24.8. The Labute approximate surface area is 453 Å². The summed E-state index contributed by atoms with van der Waals surface area (Å²) < 4.78 is 45.6. The minimum absolute atomic E-state index is 0.00184. The molecule has 0 aliphatic carbocycles. The standard InChI is InChI=1S/C71H70F2O4/c1-68(2,3)42-70(7,8)48-38-56(64(74)58(40-48)62-50-26-15-11-22-44(50)36-45-23-12-16-27-51(45)62)54-30-19-32-60(72)66(54)76-34-21-35-77-67-55(31-20-33-61(67)73)57-39-49(71(9,10)43-69(4,5)6)41-59(65(57)75)63-52-28-17-13-24-46(52)37-47-25-14-18-29-53(47)63/h11-20,22-33,36-41,74-75H,21,34-35,42-43H2,1-10H3. The number of phenols is 2. The van der Waals surface area contributed by atoms with E-state index in [1.165, 1.54) is 12.1 Å². The number of hydrogen-bond acceptors (Lipinski definition) is 4. The first-order valence-electron chi connectivity index (χ1n) is 27.0. The SMILES string of the molecule is CC(C)(C)CC(C)(C)c1cc(-c2cccc(F)c2OCCCOc2c(F)cccc2-c2cc(C(C)(C)CC(C)(C)C)cc(-c3c4ccccc4cc4ccccc34)c2O)c(O)c(-c2c3ccccc3cc3ccccc23)c1. The zero-order chi connectivity index (χ0) is 54.6. The number of ether oxygens (including phenoxy) is 2. The van der Waals surface area contributed by atoms with Crippen LogP contribution in [0.2, 0.25) is 0 Å². The van der Waals surface area contributed by atoms with Gasteiger partial charge in [-0.15, -0.1) is 0 Å². The van der Waals surface area contributed by atoms with Crippen LogP contribution in [-0.4, -0.2) is 23.4 Å². The van der Waals surface area contributed by atoms with Crippen molar-refractivity contribution in [2.75, 3.05) is 13.2 Å². The van der Waals surface area contributed by atoms with Gasteiger partial charge in [-0.25, -0.2) is 8.78 Å². The van der Waals surface area contributed by atoms with Crippen LogP contribution < -0.4 is 9.47 Å². The lowest BCUT2D eigenvalue weighted by atomic mass is 9.71. The van der Waals surface area contributed by atoms with Crippen molar-refractivity contribution in [1.29, 1.82) is 0 Å². The number of phenolic OH excluding ortho intramolecular Hbond substituents is 2. The van der Waals surface area contributed by atoms with Gasteiger partial charge in [0.25, 0.3) is 0 Å². The Morgan fingerprint density at radius 1 is 0.364 bits per heavy atom. The monoisotopic (exact) mass is 1020 g/mol. The minimum Gasteiger partial charge on any atom is -0.507 e. The highest BCUT2D eigenvalue weighted by molar-refractivity contribution is 6.15. The smallest absolute Gasteiger partial charge is 0.165 e. The molecular formula is C71H70F2O4. The molecule has 2 N–H and O–H groups in total. The molecule has 0 heterocycles. The fourth-order valence-corrected chi connectivity index (χ4v) is 12.4. The summed E-state index contributed by atoms with van der Waals surface area (Å²) in [7, 11) is 0. The van der Waals surface area contributed by atoms with Crippen molar-refractivity contribution < 1.29 is 28.5 Å². The Balaban J connectivity index is 1.01. The summed E-state index contributed by atoms with van der Waals surface area (Å²) in [6, 6.07) is 55.0. The molecule has 10 aromatic rings. The van der Waals surface area contributed by atoms with Crippen LogP contribution in [0, 0.1) is 22.5 Å². The molecule has 10 rings (SSSR count). The lowest BCUT2D eigenvalue weighted by Crippen LogP contribution is -2.25. The molecule has 4 nitrogen and oxygen atoms in total. The molecule has 6 heteroatoms. The summed E-state index contributed by atoms with van der Waals surface area (Å²) >= 11 is 0. The van der Waals surface area contributed by atoms with Gasteiger partial charge < -0.3 is 19.7 Å². The summed E-state index contributed by atoms with van der Waals surface area (Å²) in [6.07, 6.45) is 1.95. The highest BCUT2D eigenvalue weighted by Gasteiger charge is 2.33. The van der Waals surface area contributed by atoms with Crippen molar-refractivity contribution >= 4 is 43.1 Å². The van der Waals surface area contributed by atoms with E-state index in [1.54, 1.807) is 24.3 Å². The molecular weight excluding hydrogens is 955 g/mol. The van der Waals surface area contributed by atoms with Gasteiger partial charge >= 0.3 is 0 Å². The van der Waals surface area contributed by atoms with Crippen LogP contribution in [0.1, 0.15) is 99.6 Å². The maximum Gasteiger partial charge on any atom is 0.165 e. The van der Waals surface area contributed by atoms with E-state index in [0.717, 1.165) is 78.2 Å². The lowest BCUT2D eigenvalue weighted by Gasteiger charge is -2.34. The third-order valence-electron chi connectivity index (χ3n) is 15.1. The number of hydrogen-bond donors (Lipinski definition) is 2. The van der Waals surface area contributed by atoms with Crippen LogP contribution >= 0.6 is 0 Å². The molecule has 0 unspecified atom stereocenters. The van der Waals surface area contributed by atoms with Gasteiger partial charge in [0.2, 0.25) is 0 Å². The van der Waals surface area contributed by atoms with Gasteiger partial charge in [0, 0.05) is 50.9 Å². The summed E-state index contributed by atoms with van der Waals surface area (Å²) in [4.78, 5) is 0. The van der Waals surface area contributed by atoms with E-state index in [2.05, 4.69) is 142 Å². The van der Waals surface area contributed by atoms with Gasteiger partial charge in [0.05, 0.1) is 13.2 Å². The molecule has 0 aromatic heterocycles. The van der Waals surface area contributed by atoms with E-state index in [4.69, 9.17) is 9.47 Å². The van der Waals surface area contributed by atoms with Gasteiger partial charge in [-0.05, 0) is 137 Å². The fourth-order valence-electron chi connectivity index (χ4n) is 12.4. The lowest BCUT2D eigenvalue weighted by molar-refractivity contribution is 0.237. The number of benzene rings is 10. The quantitative estimate of drug-likeness (QED) is 0.0842. The highest BCUT2D eigenvalue weighted by atomic mass is 19.1. The van der Waals surface area contributed by atoms with E-state index in [1.807, 2.05) is 60.7 Å². The first kappa shape index (κ1) is 52.7. The van der Waals surface area contributed by atoms with Crippen molar-refractivity contribution in [2.45, 2.75) is 99.3 Å². The van der Waals surface area contributed by atoms with Gasteiger partial charge in [-0.2, -0.15) is 0 Å². The van der Waals surface area contributed by atoms with Crippen LogP contribution in [0.5, 0.6) is 23.0 Å². The molecule has 0 fully saturated rings. The largest absolute Gasteiger partial charge is 0.507 e. The van der Waals surface area contributed by atoms with Crippen LogP contribution in [0.4, 0.5) is 8.78 Å².